The summed E-state index contributed by atoms with van der Waals surface area (Å²) in [5, 5.41) is 22.9. The first kappa shape index (κ1) is 13.5. The van der Waals surface area contributed by atoms with E-state index in [0.29, 0.717) is 12.2 Å². The molecule has 1 N–H and O–H groups in total. The third-order valence-electron chi connectivity index (χ3n) is 2.81. The second kappa shape index (κ2) is 6.33. The monoisotopic (exact) mass is 271 g/mol. The van der Waals surface area contributed by atoms with E-state index in [0.717, 1.165) is 13.0 Å². The van der Waals surface area contributed by atoms with Crippen LogP contribution < -0.4 is 5.32 Å². The quantitative estimate of drug-likeness (QED) is 0.493. The molecule has 2 aromatic rings. The summed E-state index contributed by atoms with van der Waals surface area (Å²) in [5.74, 6) is 0. The summed E-state index contributed by atoms with van der Waals surface area (Å²) in [5.41, 5.74) is 0.270. The van der Waals surface area contributed by atoms with Gasteiger partial charge in [0.05, 0.1) is 11.3 Å². The second-order valence-electron chi connectivity index (χ2n) is 4.15. The zero-order valence-electron chi connectivity index (χ0n) is 10.7. The molecule has 0 atom stereocenters. The molecule has 102 valence electrons. The van der Waals surface area contributed by atoms with Gasteiger partial charge in [-0.15, -0.1) is 0 Å². The van der Waals surface area contributed by atoms with Crippen molar-refractivity contribution >= 4 is 11.4 Å². The molecule has 0 bridgehead atoms. The first-order valence-corrected chi connectivity index (χ1v) is 6.09. The Balaban J connectivity index is 1.99. The molecule has 0 saturated heterocycles. The fourth-order valence-corrected chi connectivity index (χ4v) is 1.88. The molecule has 0 aliphatic heterocycles. The van der Waals surface area contributed by atoms with Crippen LogP contribution in [0.5, 0.6) is 0 Å². The molecule has 0 radical (unpaired) electrons. The van der Waals surface area contributed by atoms with Crippen LogP contribution in [0.15, 0.2) is 36.9 Å². The number of rotatable bonds is 6. The van der Waals surface area contributed by atoms with Crippen LogP contribution in [0.1, 0.15) is 12.0 Å². The number of nitro groups is 1. The molecule has 1 heterocycles. The number of nitrogens with one attached hydrogen (secondary N) is 1. The number of aryl methyl sites for hydroxylation is 1. The number of anilines is 1. The lowest BCUT2D eigenvalue weighted by Gasteiger charge is -2.08. The lowest BCUT2D eigenvalue weighted by atomic mass is 10.1. The number of hydrogen-bond acceptors (Lipinski definition) is 5. The molecule has 0 saturated carbocycles. The summed E-state index contributed by atoms with van der Waals surface area (Å²) in [4.78, 5) is 14.4. The number of aromatic nitrogens is 2. The molecular weight excluding hydrogens is 258 g/mol. The molecule has 2 rings (SSSR count). The molecular formula is C13H13N5O2. The maximum absolute atomic E-state index is 11.0. The summed E-state index contributed by atoms with van der Waals surface area (Å²) in [6.45, 7) is 1.35. The molecule has 1 aromatic heterocycles. The van der Waals surface area contributed by atoms with Gasteiger partial charge in [0.25, 0.3) is 0 Å². The molecule has 1 aromatic carbocycles. The molecule has 0 fully saturated rings. The Labute approximate surface area is 115 Å². The zero-order chi connectivity index (χ0) is 14.4. The highest BCUT2D eigenvalue weighted by molar-refractivity contribution is 5.68. The third kappa shape index (κ3) is 3.11. The van der Waals surface area contributed by atoms with E-state index in [1.54, 1.807) is 24.7 Å². The van der Waals surface area contributed by atoms with Gasteiger partial charge < -0.3 is 9.88 Å². The van der Waals surface area contributed by atoms with Crippen molar-refractivity contribution < 1.29 is 4.92 Å². The van der Waals surface area contributed by atoms with Gasteiger partial charge in [0.15, 0.2) is 0 Å². The summed E-state index contributed by atoms with van der Waals surface area (Å²) in [6, 6.07) is 6.51. The fourth-order valence-electron chi connectivity index (χ4n) is 1.88. The number of nitrogens with zero attached hydrogens (tertiary/aromatic N) is 4. The lowest BCUT2D eigenvalue weighted by Crippen LogP contribution is -2.08. The average molecular weight is 271 g/mol. The van der Waals surface area contributed by atoms with Crippen LogP contribution in [0.2, 0.25) is 0 Å². The Morgan fingerprint density at radius 3 is 3.00 bits per heavy atom. The van der Waals surface area contributed by atoms with Gasteiger partial charge in [-0.05, 0) is 18.6 Å². The Hall–Kier alpha value is -2.88. The summed E-state index contributed by atoms with van der Waals surface area (Å²) in [7, 11) is 0. The zero-order valence-corrected chi connectivity index (χ0v) is 10.7. The van der Waals surface area contributed by atoms with Gasteiger partial charge in [0.2, 0.25) is 0 Å². The third-order valence-corrected chi connectivity index (χ3v) is 2.81. The Bertz CT molecular complexity index is 631. The molecule has 0 aliphatic rings. The van der Waals surface area contributed by atoms with Crippen molar-refractivity contribution in [3.63, 3.8) is 0 Å². The number of para-hydroxylation sites is 1. The summed E-state index contributed by atoms with van der Waals surface area (Å²) >= 11 is 0. The van der Waals surface area contributed by atoms with E-state index in [-0.39, 0.29) is 11.3 Å². The van der Waals surface area contributed by atoms with Gasteiger partial charge in [-0.3, -0.25) is 10.1 Å². The second-order valence-corrected chi connectivity index (χ2v) is 4.15. The molecule has 0 spiro atoms. The van der Waals surface area contributed by atoms with Crippen LogP contribution in [0.25, 0.3) is 0 Å². The van der Waals surface area contributed by atoms with Gasteiger partial charge in [-0.1, -0.05) is 6.07 Å². The normalized spacial score (nSPS) is 9.95. The minimum absolute atomic E-state index is 0.0645. The minimum Gasteiger partial charge on any atom is -0.379 e. The van der Waals surface area contributed by atoms with Gasteiger partial charge in [0.1, 0.15) is 17.3 Å². The molecule has 7 heteroatoms. The highest BCUT2D eigenvalue weighted by Gasteiger charge is 2.18. The highest BCUT2D eigenvalue weighted by atomic mass is 16.6. The largest absolute Gasteiger partial charge is 0.379 e. The van der Waals surface area contributed by atoms with Crippen molar-refractivity contribution in [3.8, 4) is 6.07 Å². The van der Waals surface area contributed by atoms with Crippen molar-refractivity contribution in [2.45, 2.75) is 13.0 Å². The Morgan fingerprint density at radius 1 is 1.50 bits per heavy atom. The van der Waals surface area contributed by atoms with Gasteiger partial charge in [0, 0.05) is 25.5 Å². The van der Waals surface area contributed by atoms with Crippen LogP contribution >= 0.6 is 0 Å². The van der Waals surface area contributed by atoms with Crippen molar-refractivity contribution in [2.75, 3.05) is 11.9 Å². The highest BCUT2D eigenvalue weighted by Crippen LogP contribution is 2.27. The van der Waals surface area contributed by atoms with E-state index in [1.807, 2.05) is 16.8 Å². The van der Waals surface area contributed by atoms with Crippen LogP contribution in [0.4, 0.5) is 11.4 Å². The topological polar surface area (TPSA) is 96.8 Å². The first-order valence-electron chi connectivity index (χ1n) is 6.09. The number of imidazole rings is 1. The number of benzene rings is 1. The predicted octanol–water partition coefficient (Wildman–Crippen LogP) is 2.17. The van der Waals surface area contributed by atoms with Crippen LogP contribution in [0, 0.1) is 21.4 Å². The van der Waals surface area contributed by atoms with Crippen LogP contribution in [-0.2, 0) is 6.54 Å². The number of nitro benzene ring substituents is 1. The van der Waals surface area contributed by atoms with Crippen LogP contribution in [0.3, 0.4) is 0 Å². The average Bonchev–Trinajstić information content (AvgIpc) is 2.96. The van der Waals surface area contributed by atoms with E-state index in [1.165, 1.54) is 6.07 Å². The van der Waals surface area contributed by atoms with Gasteiger partial charge in [-0.2, -0.15) is 5.26 Å². The van der Waals surface area contributed by atoms with E-state index in [4.69, 9.17) is 5.26 Å². The fraction of sp³-hybridized carbons (Fsp3) is 0.231. The van der Waals surface area contributed by atoms with E-state index in [2.05, 4.69) is 10.3 Å². The Kier molecular flexibility index (Phi) is 4.29. The number of hydrogen-bond donors (Lipinski definition) is 1. The predicted molar refractivity (Wildman–Crippen MR) is 73.1 cm³/mol. The molecule has 0 aliphatic carbocycles. The minimum atomic E-state index is -0.531. The maximum atomic E-state index is 11.0. The maximum Gasteiger partial charge on any atom is 0.309 e. The lowest BCUT2D eigenvalue weighted by molar-refractivity contribution is -0.384. The standard InChI is InChI=1S/C13H13N5O2/c14-9-11-3-1-4-12(13(11)18(19)20)16-5-2-7-17-8-6-15-10-17/h1,3-4,6,8,10,16H,2,5,7H2. The van der Waals surface area contributed by atoms with Crippen molar-refractivity contribution in [1.29, 1.82) is 5.26 Å². The van der Waals surface area contributed by atoms with E-state index >= 15 is 0 Å². The van der Waals surface area contributed by atoms with Gasteiger partial charge >= 0.3 is 5.69 Å². The molecule has 0 amide bonds. The number of nitriles is 1. The van der Waals surface area contributed by atoms with Gasteiger partial charge in [-0.25, -0.2) is 4.98 Å². The van der Waals surface area contributed by atoms with E-state index in [9.17, 15) is 10.1 Å². The van der Waals surface area contributed by atoms with Crippen LogP contribution in [-0.4, -0.2) is 21.0 Å². The molecule has 0 unspecified atom stereocenters. The summed E-state index contributed by atoms with van der Waals surface area (Å²) in [6.07, 6.45) is 6.08. The molecule has 20 heavy (non-hydrogen) atoms. The van der Waals surface area contributed by atoms with E-state index < -0.39 is 4.92 Å². The van der Waals surface area contributed by atoms with Crippen molar-refractivity contribution in [1.82, 2.24) is 9.55 Å². The Morgan fingerprint density at radius 2 is 2.35 bits per heavy atom. The smallest absolute Gasteiger partial charge is 0.309 e. The first-order chi connectivity index (χ1) is 9.72. The summed E-state index contributed by atoms with van der Waals surface area (Å²) < 4.78 is 1.93. The van der Waals surface area contributed by atoms with Crippen molar-refractivity contribution in [2.24, 2.45) is 0 Å². The SMILES string of the molecule is N#Cc1cccc(NCCCn2ccnc2)c1[N+](=O)[O-]. The molecule has 7 nitrogen and oxygen atoms in total. The van der Waals surface area contributed by atoms with Crippen molar-refractivity contribution in [3.05, 3.63) is 52.6 Å².